The minimum atomic E-state index is -1.04. The second kappa shape index (κ2) is 9.85. The maximum Gasteiger partial charge on any atom is 0.305 e. The number of esters is 1. The molecule has 10 nitrogen and oxygen atoms in total. The third-order valence-electron chi connectivity index (χ3n) is 2.07. The number of carbonyl (C=O) groups is 1. The van der Waals surface area contributed by atoms with E-state index < -0.39 is 22.9 Å². The van der Waals surface area contributed by atoms with E-state index in [-0.39, 0.29) is 25.4 Å². The van der Waals surface area contributed by atoms with Gasteiger partial charge in [-0.2, -0.15) is 0 Å². The van der Waals surface area contributed by atoms with Crippen molar-refractivity contribution in [2.75, 3.05) is 13.2 Å². The lowest BCUT2D eigenvalue weighted by atomic mass is 10.2. The van der Waals surface area contributed by atoms with Crippen LogP contribution in [-0.4, -0.2) is 35.5 Å². The lowest BCUT2D eigenvalue weighted by Crippen LogP contribution is -2.24. The Labute approximate surface area is 108 Å². The molecule has 0 heterocycles. The van der Waals surface area contributed by atoms with Crippen molar-refractivity contribution < 1.29 is 29.4 Å². The zero-order chi connectivity index (χ0) is 14.7. The van der Waals surface area contributed by atoms with Gasteiger partial charge in [-0.25, -0.2) is 0 Å². The molecule has 0 aromatic heterocycles. The van der Waals surface area contributed by atoms with Gasteiger partial charge in [0, 0.05) is 6.42 Å². The fourth-order valence-electron chi connectivity index (χ4n) is 1.19. The van der Waals surface area contributed by atoms with Crippen molar-refractivity contribution in [3.05, 3.63) is 20.2 Å². The zero-order valence-electron chi connectivity index (χ0n) is 10.5. The summed E-state index contributed by atoms with van der Waals surface area (Å²) < 4.78 is 4.80. The zero-order valence-corrected chi connectivity index (χ0v) is 10.5. The van der Waals surface area contributed by atoms with Gasteiger partial charge in [0.05, 0.1) is 6.61 Å². The highest BCUT2D eigenvalue weighted by Gasteiger charge is 2.15. The Bertz CT molecular complexity index is 309. The van der Waals surface area contributed by atoms with Gasteiger partial charge in [-0.15, -0.1) is 20.2 Å². The van der Waals surface area contributed by atoms with E-state index in [1.165, 1.54) is 0 Å². The van der Waals surface area contributed by atoms with Crippen LogP contribution < -0.4 is 0 Å². The molecular weight excluding hydrogens is 264 g/mol. The second-order valence-corrected chi connectivity index (χ2v) is 3.54. The van der Waals surface area contributed by atoms with Crippen LogP contribution in [-0.2, 0) is 19.2 Å². The van der Waals surface area contributed by atoms with E-state index in [9.17, 15) is 25.0 Å². The van der Waals surface area contributed by atoms with Crippen LogP contribution in [0.25, 0.3) is 0 Å². The summed E-state index contributed by atoms with van der Waals surface area (Å²) in [4.78, 5) is 39.2. The van der Waals surface area contributed by atoms with Crippen molar-refractivity contribution >= 4 is 5.97 Å². The number of carbonyl (C=O) groups excluding carboxylic acids is 1. The maximum atomic E-state index is 10.8. The minimum absolute atomic E-state index is 0.193. The van der Waals surface area contributed by atoms with Crippen molar-refractivity contribution in [1.82, 2.24) is 0 Å². The molecule has 0 bridgehead atoms. The van der Waals surface area contributed by atoms with Crippen LogP contribution in [0.1, 0.15) is 32.6 Å². The third-order valence-corrected chi connectivity index (χ3v) is 2.07. The van der Waals surface area contributed by atoms with Crippen molar-refractivity contribution in [2.24, 2.45) is 0 Å². The first-order valence-electron chi connectivity index (χ1n) is 5.69. The average Bonchev–Trinajstić information content (AvgIpc) is 2.34. The highest BCUT2D eigenvalue weighted by Crippen LogP contribution is 2.07. The fraction of sp³-hybridized carbons (Fsp3) is 0.889. The molecule has 0 saturated carbocycles. The van der Waals surface area contributed by atoms with E-state index in [1.807, 2.05) is 0 Å². The Morgan fingerprint density at radius 2 is 1.89 bits per heavy atom. The molecular formula is C9H16N2O8. The summed E-state index contributed by atoms with van der Waals surface area (Å²) in [7, 11) is 0. The van der Waals surface area contributed by atoms with Gasteiger partial charge < -0.3 is 14.4 Å². The number of hydrogen-bond donors (Lipinski definition) is 0. The first-order chi connectivity index (χ1) is 8.95. The molecule has 19 heavy (non-hydrogen) atoms. The summed E-state index contributed by atoms with van der Waals surface area (Å²) >= 11 is 0. The third kappa shape index (κ3) is 10.7. The molecule has 0 aliphatic carbocycles. The Kier molecular flexibility index (Phi) is 8.75. The van der Waals surface area contributed by atoms with Gasteiger partial charge >= 0.3 is 5.97 Å². The largest absolute Gasteiger partial charge is 0.466 e. The topological polar surface area (TPSA) is 131 Å². The number of ether oxygens (including phenoxy) is 1. The van der Waals surface area contributed by atoms with Crippen molar-refractivity contribution in [2.45, 2.75) is 38.7 Å². The molecule has 0 rings (SSSR count). The van der Waals surface area contributed by atoms with E-state index in [4.69, 9.17) is 4.74 Å². The summed E-state index contributed by atoms with van der Waals surface area (Å²) in [5.41, 5.74) is 0. The molecule has 1 atom stereocenters. The van der Waals surface area contributed by atoms with Crippen LogP contribution in [0.15, 0.2) is 0 Å². The minimum Gasteiger partial charge on any atom is -0.466 e. The highest BCUT2D eigenvalue weighted by molar-refractivity contribution is 5.68. The van der Waals surface area contributed by atoms with Gasteiger partial charge in [0.15, 0.2) is 0 Å². The molecule has 0 aliphatic rings. The maximum absolute atomic E-state index is 10.8. The summed E-state index contributed by atoms with van der Waals surface area (Å²) in [5.74, 6) is -0.324. The van der Waals surface area contributed by atoms with E-state index >= 15 is 0 Å². The van der Waals surface area contributed by atoms with E-state index in [2.05, 4.69) is 9.68 Å². The van der Waals surface area contributed by atoms with Crippen molar-refractivity contribution in [3.8, 4) is 0 Å². The molecule has 0 spiro atoms. The van der Waals surface area contributed by atoms with Crippen LogP contribution in [0.3, 0.4) is 0 Å². The van der Waals surface area contributed by atoms with E-state index in [0.29, 0.717) is 12.8 Å². The molecule has 0 saturated heterocycles. The summed E-state index contributed by atoms with van der Waals surface area (Å²) in [6.45, 7) is 1.36. The predicted molar refractivity (Wildman–Crippen MR) is 59.9 cm³/mol. The summed E-state index contributed by atoms with van der Waals surface area (Å²) in [6, 6.07) is 0. The first-order valence-corrected chi connectivity index (χ1v) is 5.69. The molecule has 0 amide bonds. The van der Waals surface area contributed by atoms with Gasteiger partial charge in [-0.05, 0) is 19.3 Å². The quantitative estimate of drug-likeness (QED) is 0.236. The van der Waals surface area contributed by atoms with Crippen LogP contribution in [0, 0.1) is 20.2 Å². The van der Waals surface area contributed by atoms with Gasteiger partial charge in [0.2, 0.25) is 0 Å². The molecule has 0 aromatic rings. The number of rotatable bonds is 11. The molecule has 0 aliphatic heterocycles. The molecule has 110 valence electrons. The van der Waals surface area contributed by atoms with Crippen molar-refractivity contribution in [1.29, 1.82) is 0 Å². The van der Waals surface area contributed by atoms with Gasteiger partial charge in [0.25, 0.3) is 10.2 Å². The summed E-state index contributed by atoms with van der Waals surface area (Å²) in [5, 5.41) is 18.1. The monoisotopic (exact) mass is 280 g/mol. The number of nitrogens with zero attached hydrogens (tertiary/aromatic N) is 2. The Morgan fingerprint density at radius 1 is 1.21 bits per heavy atom. The standard InChI is InChI=1S/C9H16N2O8/c1-2-9(12)17-6-4-3-5-8(19-11(15)16)7-18-10(13)14/h8H,2-7H2,1H3/t8-/m1/s1. The molecule has 10 heteroatoms. The smallest absolute Gasteiger partial charge is 0.305 e. The van der Waals surface area contributed by atoms with Crippen LogP contribution >= 0.6 is 0 Å². The SMILES string of the molecule is CCC(=O)OCCCC[C@H](CO[N+](=O)[O-])O[N+](=O)[O-]. The Balaban J connectivity index is 3.81. The lowest BCUT2D eigenvalue weighted by Gasteiger charge is -2.13. The number of hydrogen-bond acceptors (Lipinski definition) is 8. The molecule has 0 radical (unpaired) electrons. The lowest BCUT2D eigenvalue weighted by molar-refractivity contribution is -0.790. The summed E-state index contributed by atoms with van der Waals surface area (Å²) in [6.07, 6.45) is 0.405. The van der Waals surface area contributed by atoms with E-state index in [1.54, 1.807) is 6.92 Å². The fourth-order valence-corrected chi connectivity index (χ4v) is 1.19. The normalized spacial score (nSPS) is 11.4. The van der Waals surface area contributed by atoms with Crippen molar-refractivity contribution in [3.63, 3.8) is 0 Å². The number of unbranched alkanes of at least 4 members (excludes halogenated alkanes) is 1. The first kappa shape index (κ1) is 16.9. The van der Waals surface area contributed by atoms with E-state index in [0.717, 1.165) is 0 Å². The van der Waals surface area contributed by atoms with Crippen LogP contribution in [0.4, 0.5) is 0 Å². The van der Waals surface area contributed by atoms with Crippen LogP contribution in [0.5, 0.6) is 0 Å². The Hall–Kier alpha value is -2.13. The average molecular weight is 280 g/mol. The molecule has 0 aromatic carbocycles. The molecule has 0 unspecified atom stereocenters. The predicted octanol–water partition coefficient (Wildman–Crippen LogP) is 0.895. The Morgan fingerprint density at radius 3 is 2.42 bits per heavy atom. The van der Waals surface area contributed by atoms with Gasteiger partial charge in [0.1, 0.15) is 12.7 Å². The van der Waals surface area contributed by atoms with Gasteiger partial charge in [-0.1, -0.05) is 6.92 Å². The molecule has 0 fully saturated rings. The van der Waals surface area contributed by atoms with Gasteiger partial charge in [-0.3, -0.25) is 4.79 Å². The second-order valence-electron chi connectivity index (χ2n) is 3.54. The van der Waals surface area contributed by atoms with Crippen LogP contribution in [0.2, 0.25) is 0 Å². The molecule has 0 N–H and O–H groups in total. The highest BCUT2D eigenvalue weighted by atomic mass is 17.0.